The summed E-state index contributed by atoms with van der Waals surface area (Å²) < 4.78 is 0.558. The minimum absolute atomic E-state index is 0.0786. The van der Waals surface area contributed by atoms with Gasteiger partial charge in [0.15, 0.2) is 4.32 Å². The molecule has 3 aromatic rings. The van der Waals surface area contributed by atoms with Crippen LogP contribution in [0.25, 0.3) is 17.0 Å². The van der Waals surface area contributed by atoms with Gasteiger partial charge in [-0.3, -0.25) is 14.7 Å². The Morgan fingerprint density at radius 1 is 1.12 bits per heavy atom. The zero-order chi connectivity index (χ0) is 17.4. The van der Waals surface area contributed by atoms with Crippen molar-refractivity contribution in [1.29, 1.82) is 0 Å². The number of benzene rings is 2. The van der Waals surface area contributed by atoms with Gasteiger partial charge in [-0.15, -0.1) is 0 Å². The van der Waals surface area contributed by atoms with Crippen LogP contribution in [0.2, 0.25) is 0 Å². The summed E-state index contributed by atoms with van der Waals surface area (Å²) in [5, 5.41) is 1.05. The lowest BCUT2D eigenvalue weighted by Crippen LogP contribution is -2.27. The van der Waals surface area contributed by atoms with E-state index in [0.717, 1.165) is 27.7 Å². The number of carbonyl (C=O) groups excluding carboxylic acids is 1. The van der Waals surface area contributed by atoms with Crippen molar-refractivity contribution in [3.05, 3.63) is 76.8 Å². The molecule has 1 fully saturated rings. The number of amides is 1. The first-order chi connectivity index (χ1) is 12.1. The zero-order valence-electron chi connectivity index (χ0n) is 13.5. The fourth-order valence-electron chi connectivity index (χ4n) is 2.72. The van der Waals surface area contributed by atoms with Crippen molar-refractivity contribution in [2.45, 2.75) is 6.92 Å². The van der Waals surface area contributed by atoms with Crippen LogP contribution < -0.4 is 4.90 Å². The van der Waals surface area contributed by atoms with Crippen molar-refractivity contribution in [2.75, 3.05) is 4.90 Å². The van der Waals surface area contributed by atoms with Crippen LogP contribution in [0.5, 0.6) is 0 Å². The number of anilines is 1. The molecule has 2 heterocycles. The normalized spacial score (nSPS) is 16.2. The molecule has 0 radical (unpaired) electrons. The number of carbonyl (C=O) groups is 1. The lowest BCUT2D eigenvalue weighted by atomic mass is 10.1. The van der Waals surface area contributed by atoms with Gasteiger partial charge in [0, 0.05) is 11.6 Å². The molecule has 122 valence electrons. The highest BCUT2D eigenvalue weighted by atomic mass is 32.2. The Labute approximate surface area is 155 Å². The monoisotopic (exact) mass is 362 g/mol. The standard InChI is InChI=1S/C20H14N2OS2/c1-13-4-7-16(8-5-13)22-19(23)18(25-20(22)24)12-14-6-9-17-15(11-14)3-2-10-21-17/h2-12H,1H3/b18-12-. The summed E-state index contributed by atoms with van der Waals surface area (Å²) in [6.45, 7) is 2.02. The van der Waals surface area contributed by atoms with Gasteiger partial charge >= 0.3 is 0 Å². The molecule has 25 heavy (non-hydrogen) atoms. The third-order valence-corrected chi connectivity index (χ3v) is 5.31. The number of rotatable bonds is 2. The molecule has 1 saturated heterocycles. The average molecular weight is 362 g/mol. The molecule has 5 heteroatoms. The maximum Gasteiger partial charge on any atom is 0.270 e. The number of fused-ring (bicyclic) bond motifs is 1. The Morgan fingerprint density at radius 3 is 2.72 bits per heavy atom. The highest BCUT2D eigenvalue weighted by Crippen LogP contribution is 2.36. The van der Waals surface area contributed by atoms with E-state index in [-0.39, 0.29) is 5.91 Å². The zero-order valence-corrected chi connectivity index (χ0v) is 15.1. The number of pyridine rings is 1. The third kappa shape index (κ3) is 3.08. The van der Waals surface area contributed by atoms with Crippen LogP contribution in [0.1, 0.15) is 11.1 Å². The number of hydrogen-bond donors (Lipinski definition) is 0. The smallest absolute Gasteiger partial charge is 0.268 e. The van der Waals surface area contributed by atoms with Crippen molar-refractivity contribution in [3.8, 4) is 0 Å². The van der Waals surface area contributed by atoms with Gasteiger partial charge < -0.3 is 0 Å². The van der Waals surface area contributed by atoms with Gasteiger partial charge in [-0.2, -0.15) is 0 Å². The van der Waals surface area contributed by atoms with Crippen LogP contribution in [0.15, 0.2) is 65.7 Å². The van der Waals surface area contributed by atoms with E-state index < -0.39 is 0 Å². The lowest BCUT2D eigenvalue weighted by Gasteiger charge is -2.14. The minimum atomic E-state index is -0.0786. The Bertz CT molecular complexity index is 1030. The first-order valence-corrected chi connectivity index (χ1v) is 9.04. The Kier molecular flexibility index (Phi) is 4.11. The van der Waals surface area contributed by atoms with Crippen molar-refractivity contribution < 1.29 is 4.79 Å². The molecule has 3 nitrogen and oxygen atoms in total. The van der Waals surface area contributed by atoms with Crippen LogP contribution in [0.4, 0.5) is 5.69 Å². The number of aromatic nitrogens is 1. The van der Waals surface area contributed by atoms with Gasteiger partial charge in [0.2, 0.25) is 0 Å². The summed E-state index contributed by atoms with van der Waals surface area (Å²) in [5.41, 5.74) is 3.85. The molecule has 0 aliphatic carbocycles. The first-order valence-electron chi connectivity index (χ1n) is 7.81. The summed E-state index contributed by atoms with van der Waals surface area (Å²) in [6, 6.07) is 17.7. The summed E-state index contributed by atoms with van der Waals surface area (Å²) in [7, 11) is 0. The van der Waals surface area contributed by atoms with Gasteiger partial charge in [-0.1, -0.05) is 53.8 Å². The highest BCUT2D eigenvalue weighted by Gasteiger charge is 2.33. The summed E-state index contributed by atoms with van der Waals surface area (Å²) in [5.74, 6) is -0.0786. The molecular formula is C20H14N2OS2. The van der Waals surface area contributed by atoms with E-state index in [4.69, 9.17) is 12.2 Å². The second-order valence-corrected chi connectivity index (χ2v) is 7.48. The molecule has 1 amide bonds. The third-order valence-electron chi connectivity index (χ3n) is 4.01. The average Bonchev–Trinajstić information content (AvgIpc) is 2.89. The maximum absolute atomic E-state index is 12.8. The predicted molar refractivity (Wildman–Crippen MR) is 109 cm³/mol. The molecule has 0 bridgehead atoms. The minimum Gasteiger partial charge on any atom is -0.268 e. The predicted octanol–water partition coefficient (Wildman–Crippen LogP) is 4.95. The SMILES string of the molecule is Cc1ccc(N2C(=O)/C(=C/c3ccc4ncccc4c3)SC2=S)cc1. The second-order valence-electron chi connectivity index (χ2n) is 5.81. The second kappa shape index (κ2) is 6.43. The number of nitrogens with zero attached hydrogens (tertiary/aromatic N) is 2. The Morgan fingerprint density at radius 2 is 1.92 bits per heavy atom. The molecule has 4 rings (SSSR count). The number of aryl methyl sites for hydroxylation is 1. The van der Waals surface area contributed by atoms with Gasteiger partial charge in [-0.05, 0) is 48.9 Å². The molecule has 0 saturated carbocycles. The molecule has 0 N–H and O–H groups in total. The molecule has 1 aliphatic heterocycles. The molecule has 0 spiro atoms. The quantitative estimate of drug-likeness (QED) is 0.477. The fraction of sp³-hybridized carbons (Fsp3) is 0.0500. The Balaban J connectivity index is 1.68. The van der Waals surface area contributed by atoms with E-state index in [1.807, 2.05) is 67.6 Å². The van der Waals surface area contributed by atoms with Crippen molar-refractivity contribution in [1.82, 2.24) is 4.98 Å². The molecule has 1 aliphatic rings. The van der Waals surface area contributed by atoms with E-state index >= 15 is 0 Å². The van der Waals surface area contributed by atoms with E-state index in [9.17, 15) is 4.79 Å². The van der Waals surface area contributed by atoms with Crippen molar-refractivity contribution >= 4 is 56.9 Å². The van der Waals surface area contributed by atoms with Crippen molar-refractivity contribution in [3.63, 3.8) is 0 Å². The van der Waals surface area contributed by atoms with Gasteiger partial charge in [0.1, 0.15) is 0 Å². The van der Waals surface area contributed by atoms with Crippen LogP contribution >= 0.6 is 24.0 Å². The number of thiocarbonyl (C=S) groups is 1. The first kappa shape index (κ1) is 16.0. The van der Waals surface area contributed by atoms with E-state index in [0.29, 0.717) is 9.23 Å². The summed E-state index contributed by atoms with van der Waals surface area (Å²) in [4.78, 5) is 19.3. The Hall–Kier alpha value is -2.50. The van der Waals surface area contributed by atoms with Crippen LogP contribution in [-0.2, 0) is 4.79 Å². The van der Waals surface area contributed by atoms with Gasteiger partial charge in [0.25, 0.3) is 5.91 Å². The summed E-state index contributed by atoms with van der Waals surface area (Å²) >= 11 is 6.75. The van der Waals surface area contributed by atoms with E-state index in [1.165, 1.54) is 11.8 Å². The van der Waals surface area contributed by atoms with Gasteiger partial charge in [0.05, 0.1) is 16.1 Å². The van der Waals surface area contributed by atoms with E-state index in [2.05, 4.69) is 4.98 Å². The highest BCUT2D eigenvalue weighted by molar-refractivity contribution is 8.27. The topological polar surface area (TPSA) is 33.2 Å². The lowest BCUT2D eigenvalue weighted by molar-refractivity contribution is -0.113. The van der Waals surface area contributed by atoms with Crippen LogP contribution in [0.3, 0.4) is 0 Å². The van der Waals surface area contributed by atoms with Crippen molar-refractivity contribution in [2.24, 2.45) is 0 Å². The molecular weight excluding hydrogens is 348 g/mol. The van der Waals surface area contributed by atoms with Crippen LogP contribution in [0, 0.1) is 6.92 Å². The largest absolute Gasteiger partial charge is 0.270 e. The molecule has 0 atom stereocenters. The van der Waals surface area contributed by atoms with Gasteiger partial charge in [-0.25, -0.2) is 0 Å². The summed E-state index contributed by atoms with van der Waals surface area (Å²) in [6.07, 6.45) is 3.66. The molecule has 2 aromatic carbocycles. The number of thioether (sulfide) groups is 1. The number of hydrogen-bond acceptors (Lipinski definition) is 4. The maximum atomic E-state index is 12.8. The fourth-order valence-corrected chi connectivity index (χ4v) is 4.02. The van der Waals surface area contributed by atoms with E-state index in [1.54, 1.807) is 11.1 Å². The van der Waals surface area contributed by atoms with Crippen LogP contribution in [-0.4, -0.2) is 15.2 Å². The molecule has 1 aromatic heterocycles. The molecule has 0 unspecified atom stereocenters.